The zero-order chi connectivity index (χ0) is 13.0. The molecule has 2 rings (SSSR count). The predicted octanol–water partition coefficient (Wildman–Crippen LogP) is 3.71. The van der Waals surface area contributed by atoms with Crippen molar-refractivity contribution in [3.8, 4) is 0 Å². The van der Waals surface area contributed by atoms with Crippen LogP contribution in [0.3, 0.4) is 0 Å². The highest BCUT2D eigenvalue weighted by Gasteiger charge is 2.36. The molecule has 0 aromatic carbocycles. The molecule has 3 unspecified atom stereocenters. The van der Waals surface area contributed by atoms with E-state index in [0.717, 1.165) is 25.7 Å². The number of ketones is 1. The maximum absolute atomic E-state index is 12.5. The number of hydrogen-bond acceptors (Lipinski definition) is 2. The minimum absolute atomic E-state index is 0.153. The van der Waals surface area contributed by atoms with Crippen molar-refractivity contribution in [2.75, 3.05) is 0 Å². The van der Waals surface area contributed by atoms with E-state index < -0.39 is 6.10 Å². The minimum atomic E-state index is -0.664. The lowest BCUT2D eigenvalue weighted by atomic mass is 9.72. The van der Waals surface area contributed by atoms with Crippen molar-refractivity contribution in [2.45, 2.75) is 77.2 Å². The smallest absolute Gasteiger partial charge is 0.164 e. The molecule has 0 radical (unpaired) electrons. The van der Waals surface area contributed by atoms with Gasteiger partial charge in [-0.25, -0.2) is 0 Å². The third kappa shape index (κ3) is 3.14. The van der Waals surface area contributed by atoms with Crippen molar-refractivity contribution < 1.29 is 9.90 Å². The Morgan fingerprint density at radius 3 is 2.33 bits per heavy atom. The van der Waals surface area contributed by atoms with Crippen LogP contribution < -0.4 is 0 Å². The summed E-state index contributed by atoms with van der Waals surface area (Å²) in [6.45, 7) is 2.18. The normalized spacial score (nSPS) is 32.1. The van der Waals surface area contributed by atoms with Gasteiger partial charge in [-0.05, 0) is 37.5 Å². The lowest BCUT2D eigenvalue weighted by molar-refractivity contribution is -0.137. The zero-order valence-corrected chi connectivity index (χ0v) is 11.7. The molecule has 2 aliphatic carbocycles. The maximum Gasteiger partial charge on any atom is 0.164 e. The second-order valence-electron chi connectivity index (χ2n) is 6.30. The van der Waals surface area contributed by atoms with Gasteiger partial charge in [0, 0.05) is 5.92 Å². The summed E-state index contributed by atoms with van der Waals surface area (Å²) in [5.74, 6) is 1.12. The van der Waals surface area contributed by atoms with Gasteiger partial charge < -0.3 is 5.11 Å². The fraction of sp³-hybridized carbons (Fsp3) is 0.938. The molecule has 2 nitrogen and oxygen atoms in total. The van der Waals surface area contributed by atoms with Crippen LogP contribution in [0, 0.1) is 17.8 Å². The first-order chi connectivity index (χ1) is 8.74. The summed E-state index contributed by atoms with van der Waals surface area (Å²) in [6, 6.07) is 0. The third-order valence-corrected chi connectivity index (χ3v) is 5.19. The molecule has 2 fully saturated rings. The van der Waals surface area contributed by atoms with Crippen LogP contribution in [0.5, 0.6) is 0 Å². The fourth-order valence-corrected chi connectivity index (χ4v) is 3.97. The van der Waals surface area contributed by atoms with E-state index in [0.29, 0.717) is 5.92 Å². The molecule has 0 aromatic rings. The largest absolute Gasteiger partial charge is 0.385 e. The lowest BCUT2D eigenvalue weighted by Crippen LogP contribution is -2.39. The Hall–Kier alpha value is -0.370. The number of carbonyl (C=O) groups excluding carboxylic acids is 1. The van der Waals surface area contributed by atoms with Gasteiger partial charge in [-0.15, -0.1) is 0 Å². The Labute approximate surface area is 111 Å². The van der Waals surface area contributed by atoms with Crippen LogP contribution in [0.15, 0.2) is 0 Å². The van der Waals surface area contributed by atoms with Crippen LogP contribution in [0.2, 0.25) is 0 Å². The molecular weight excluding hydrogens is 224 g/mol. The standard InChI is InChI=1S/C16H28O2/c1-2-12-8-6-7-11-14(12)16(18)15(17)13-9-4-3-5-10-13/h12-15,17H,2-11H2,1H3. The summed E-state index contributed by atoms with van der Waals surface area (Å²) in [5.41, 5.74) is 0. The highest BCUT2D eigenvalue weighted by atomic mass is 16.3. The van der Waals surface area contributed by atoms with Crippen molar-refractivity contribution in [2.24, 2.45) is 17.8 Å². The second-order valence-corrected chi connectivity index (χ2v) is 6.30. The van der Waals surface area contributed by atoms with E-state index >= 15 is 0 Å². The highest BCUT2D eigenvalue weighted by molar-refractivity contribution is 5.85. The molecule has 0 aromatic heterocycles. The molecule has 2 aliphatic rings. The number of aliphatic hydroxyl groups is 1. The Morgan fingerprint density at radius 2 is 1.67 bits per heavy atom. The van der Waals surface area contributed by atoms with E-state index in [-0.39, 0.29) is 17.6 Å². The third-order valence-electron chi connectivity index (χ3n) is 5.19. The van der Waals surface area contributed by atoms with Crippen molar-refractivity contribution in [3.63, 3.8) is 0 Å². The van der Waals surface area contributed by atoms with Crippen LogP contribution in [0.25, 0.3) is 0 Å². The molecular formula is C16H28O2. The minimum Gasteiger partial charge on any atom is -0.385 e. The number of aliphatic hydroxyl groups excluding tert-OH is 1. The van der Waals surface area contributed by atoms with Crippen molar-refractivity contribution in [1.82, 2.24) is 0 Å². The van der Waals surface area contributed by atoms with Gasteiger partial charge >= 0.3 is 0 Å². The van der Waals surface area contributed by atoms with Gasteiger partial charge in [0.1, 0.15) is 6.10 Å². The van der Waals surface area contributed by atoms with E-state index in [9.17, 15) is 9.90 Å². The van der Waals surface area contributed by atoms with Gasteiger partial charge in [0.05, 0.1) is 0 Å². The summed E-state index contributed by atoms with van der Waals surface area (Å²) in [6.07, 6.45) is 10.8. The van der Waals surface area contributed by atoms with Crippen molar-refractivity contribution in [3.05, 3.63) is 0 Å². The van der Waals surface area contributed by atoms with Crippen LogP contribution in [0.4, 0.5) is 0 Å². The molecule has 104 valence electrons. The number of hydrogen-bond donors (Lipinski definition) is 1. The molecule has 0 aliphatic heterocycles. The molecule has 1 N–H and O–H groups in total. The summed E-state index contributed by atoms with van der Waals surface area (Å²) >= 11 is 0. The topological polar surface area (TPSA) is 37.3 Å². The summed E-state index contributed by atoms with van der Waals surface area (Å²) < 4.78 is 0. The maximum atomic E-state index is 12.5. The Balaban J connectivity index is 1.95. The summed E-state index contributed by atoms with van der Waals surface area (Å²) in [5, 5.41) is 10.4. The quantitative estimate of drug-likeness (QED) is 0.828. The van der Waals surface area contributed by atoms with E-state index in [2.05, 4.69) is 6.92 Å². The molecule has 3 atom stereocenters. The van der Waals surface area contributed by atoms with E-state index in [1.54, 1.807) is 0 Å². The molecule has 0 amide bonds. The molecule has 2 heteroatoms. The van der Waals surface area contributed by atoms with E-state index in [1.165, 1.54) is 38.5 Å². The Bertz CT molecular complexity index is 268. The van der Waals surface area contributed by atoms with E-state index in [1.807, 2.05) is 0 Å². The fourth-order valence-electron chi connectivity index (χ4n) is 3.97. The van der Waals surface area contributed by atoms with Crippen molar-refractivity contribution in [1.29, 1.82) is 0 Å². The van der Waals surface area contributed by atoms with Gasteiger partial charge in [-0.1, -0.05) is 45.4 Å². The van der Waals surface area contributed by atoms with Gasteiger partial charge in [0.25, 0.3) is 0 Å². The van der Waals surface area contributed by atoms with Gasteiger partial charge in [0.2, 0.25) is 0 Å². The SMILES string of the molecule is CCC1CCCCC1C(=O)C(O)C1CCCCC1. The average Bonchev–Trinajstić information content (AvgIpc) is 2.46. The molecule has 2 saturated carbocycles. The molecule has 0 heterocycles. The zero-order valence-electron chi connectivity index (χ0n) is 11.7. The van der Waals surface area contributed by atoms with Gasteiger partial charge in [-0.3, -0.25) is 4.79 Å². The summed E-state index contributed by atoms with van der Waals surface area (Å²) in [4.78, 5) is 12.5. The monoisotopic (exact) mass is 252 g/mol. The first kappa shape index (κ1) is 14.0. The van der Waals surface area contributed by atoms with Crippen LogP contribution >= 0.6 is 0 Å². The van der Waals surface area contributed by atoms with E-state index in [4.69, 9.17) is 0 Å². The Morgan fingerprint density at radius 1 is 1.06 bits per heavy atom. The molecule has 18 heavy (non-hydrogen) atoms. The Kier molecular flexibility index (Phi) is 5.23. The van der Waals surface area contributed by atoms with Gasteiger partial charge in [0.15, 0.2) is 5.78 Å². The van der Waals surface area contributed by atoms with Crippen molar-refractivity contribution >= 4 is 5.78 Å². The van der Waals surface area contributed by atoms with Crippen LogP contribution in [-0.4, -0.2) is 17.0 Å². The number of rotatable bonds is 4. The highest BCUT2D eigenvalue weighted by Crippen LogP contribution is 2.36. The van der Waals surface area contributed by atoms with Gasteiger partial charge in [-0.2, -0.15) is 0 Å². The van der Waals surface area contributed by atoms with Crippen LogP contribution in [0.1, 0.15) is 71.1 Å². The van der Waals surface area contributed by atoms with Crippen LogP contribution in [-0.2, 0) is 4.79 Å². The molecule has 0 bridgehead atoms. The summed E-state index contributed by atoms with van der Waals surface area (Å²) in [7, 11) is 0. The lowest BCUT2D eigenvalue weighted by Gasteiger charge is -2.34. The molecule has 0 spiro atoms. The number of Topliss-reactive ketones (excluding diaryl/α,β-unsaturated/α-hetero) is 1. The first-order valence-electron chi connectivity index (χ1n) is 7.95. The number of carbonyl (C=O) groups is 1. The predicted molar refractivity (Wildman–Crippen MR) is 73.3 cm³/mol. The second kappa shape index (κ2) is 6.70. The first-order valence-corrected chi connectivity index (χ1v) is 7.95. The average molecular weight is 252 g/mol. The molecule has 0 saturated heterocycles.